The first-order valence-corrected chi connectivity index (χ1v) is 11.5. The lowest BCUT2D eigenvalue weighted by Crippen LogP contribution is -2.39. The molecule has 1 aliphatic heterocycles. The van der Waals surface area contributed by atoms with Crippen molar-refractivity contribution >= 4 is 29.2 Å². The average molecular weight is 466 g/mol. The molecule has 1 unspecified atom stereocenters. The molecule has 4 nitrogen and oxygen atoms in total. The number of hydrogen-bond donors (Lipinski definition) is 1. The molecule has 0 radical (unpaired) electrons. The van der Waals surface area contributed by atoms with Crippen molar-refractivity contribution in [3.05, 3.63) is 62.9 Å². The molecule has 1 saturated heterocycles. The maximum absolute atomic E-state index is 14.8. The molecule has 0 spiro atoms. The average Bonchev–Trinajstić information content (AvgIpc) is 3.56. The van der Waals surface area contributed by atoms with Crippen LogP contribution in [-0.4, -0.2) is 35.7 Å². The van der Waals surface area contributed by atoms with Gasteiger partial charge >= 0.3 is 5.97 Å². The molecule has 2 fully saturated rings. The maximum atomic E-state index is 14.8. The molecule has 31 heavy (non-hydrogen) atoms. The van der Waals surface area contributed by atoms with Crippen LogP contribution in [0.1, 0.15) is 66.1 Å². The highest BCUT2D eigenvalue weighted by Crippen LogP contribution is 2.46. The Labute approximate surface area is 191 Å². The number of piperidine rings is 1. The van der Waals surface area contributed by atoms with E-state index < -0.39 is 11.8 Å². The van der Waals surface area contributed by atoms with Crippen LogP contribution >= 0.6 is 23.2 Å². The Morgan fingerprint density at radius 3 is 2.58 bits per heavy atom. The zero-order valence-electron chi connectivity index (χ0n) is 17.4. The summed E-state index contributed by atoms with van der Waals surface area (Å²) in [5.74, 6) is -1.05. The van der Waals surface area contributed by atoms with E-state index in [9.17, 15) is 14.3 Å². The quantitative estimate of drug-likeness (QED) is 0.502. The van der Waals surface area contributed by atoms with Gasteiger partial charge in [0.05, 0.1) is 12.2 Å². The third-order valence-corrected chi connectivity index (χ3v) is 6.73. The van der Waals surface area contributed by atoms with Crippen molar-refractivity contribution in [2.45, 2.75) is 44.6 Å². The standard InChI is InChI=1S/C24H26Cl2FNO3/c1-14(17-9-18(25)11-19(26)10-17)28-8-2-3-15(12-28)13-31-21-7-6-20(24(29)30)23(27)22(21)16-4-5-16/h6-7,9-11,14-16H,2-5,8,12-13H2,1H3,(H,29,30)/t14?,15-/m0/s1. The lowest BCUT2D eigenvalue weighted by molar-refractivity contribution is 0.0691. The Bertz CT molecular complexity index is 959. The monoisotopic (exact) mass is 465 g/mol. The van der Waals surface area contributed by atoms with Crippen LogP contribution in [0.15, 0.2) is 30.3 Å². The molecule has 0 bridgehead atoms. The van der Waals surface area contributed by atoms with E-state index in [1.54, 1.807) is 12.1 Å². The third kappa shape index (κ3) is 5.16. The fraction of sp³-hybridized carbons (Fsp3) is 0.458. The molecule has 2 aromatic rings. The number of benzene rings is 2. The van der Waals surface area contributed by atoms with E-state index in [-0.39, 0.29) is 17.5 Å². The van der Waals surface area contributed by atoms with Gasteiger partial charge in [-0.15, -0.1) is 0 Å². The highest BCUT2D eigenvalue weighted by atomic mass is 35.5. The van der Waals surface area contributed by atoms with Crippen LogP contribution in [-0.2, 0) is 0 Å². The molecule has 0 amide bonds. The van der Waals surface area contributed by atoms with Crippen molar-refractivity contribution in [2.75, 3.05) is 19.7 Å². The van der Waals surface area contributed by atoms with E-state index in [1.807, 2.05) is 12.1 Å². The fourth-order valence-electron chi connectivity index (χ4n) is 4.44. The van der Waals surface area contributed by atoms with Crippen molar-refractivity contribution in [1.82, 2.24) is 4.90 Å². The summed E-state index contributed by atoms with van der Waals surface area (Å²) in [5, 5.41) is 10.5. The molecule has 1 aliphatic carbocycles. The molecule has 7 heteroatoms. The summed E-state index contributed by atoms with van der Waals surface area (Å²) in [6.45, 7) is 4.47. The Morgan fingerprint density at radius 2 is 1.94 bits per heavy atom. The van der Waals surface area contributed by atoms with Crippen LogP contribution < -0.4 is 4.74 Å². The number of hydrogen-bond acceptors (Lipinski definition) is 3. The molecule has 4 rings (SSSR count). The summed E-state index contributed by atoms with van der Waals surface area (Å²) in [7, 11) is 0. The second kappa shape index (κ2) is 9.35. The predicted octanol–water partition coefficient (Wildman–Crippen LogP) is 6.56. The van der Waals surface area contributed by atoms with Crippen LogP contribution in [0.4, 0.5) is 4.39 Å². The number of carbonyl (C=O) groups is 1. The fourth-order valence-corrected chi connectivity index (χ4v) is 4.98. The first-order chi connectivity index (χ1) is 14.8. The summed E-state index contributed by atoms with van der Waals surface area (Å²) in [6.07, 6.45) is 3.82. The molecule has 1 saturated carbocycles. The third-order valence-electron chi connectivity index (χ3n) is 6.30. The van der Waals surface area contributed by atoms with E-state index in [4.69, 9.17) is 27.9 Å². The van der Waals surface area contributed by atoms with Crippen molar-refractivity contribution in [3.8, 4) is 5.75 Å². The number of likely N-dealkylation sites (tertiary alicyclic amines) is 1. The largest absolute Gasteiger partial charge is 0.493 e. The number of aromatic carboxylic acids is 1. The van der Waals surface area contributed by atoms with Gasteiger partial charge in [-0.05, 0) is 81.0 Å². The normalized spacial score (nSPS) is 20.5. The van der Waals surface area contributed by atoms with E-state index in [2.05, 4.69) is 11.8 Å². The van der Waals surface area contributed by atoms with Crippen LogP contribution in [0.25, 0.3) is 0 Å². The Balaban J connectivity index is 1.44. The number of halogens is 3. The van der Waals surface area contributed by atoms with Gasteiger partial charge in [0.2, 0.25) is 0 Å². The molecule has 1 N–H and O–H groups in total. The summed E-state index contributed by atoms with van der Waals surface area (Å²) < 4.78 is 20.8. The van der Waals surface area contributed by atoms with E-state index >= 15 is 0 Å². The molecular formula is C24H26Cl2FNO3. The molecule has 0 aromatic heterocycles. The smallest absolute Gasteiger partial charge is 0.338 e. The van der Waals surface area contributed by atoms with Gasteiger partial charge in [0, 0.05) is 34.1 Å². The molecule has 2 aromatic carbocycles. The van der Waals surface area contributed by atoms with Gasteiger partial charge < -0.3 is 9.84 Å². The number of rotatable bonds is 7. The Hall–Kier alpha value is -1.82. The predicted molar refractivity (Wildman–Crippen MR) is 120 cm³/mol. The number of ether oxygens (including phenoxy) is 1. The lowest BCUT2D eigenvalue weighted by atomic mass is 9.95. The maximum Gasteiger partial charge on any atom is 0.338 e. The SMILES string of the molecule is CC(c1cc(Cl)cc(Cl)c1)N1CCC[C@H](COc2ccc(C(=O)O)c(F)c2C2CC2)C1. The highest BCUT2D eigenvalue weighted by Gasteiger charge is 2.33. The van der Waals surface area contributed by atoms with Crippen molar-refractivity contribution in [1.29, 1.82) is 0 Å². The van der Waals surface area contributed by atoms with Crippen LogP contribution in [0.5, 0.6) is 5.75 Å². The van der Waals surface area contributed by atoms with Crippen molar-refractivity contribution in [3.63, 3.8) is 0 Å². The summed E-state index contributed by atoms with van der Waals surface area (Å²) in [4.78, 5) is 13.7. The van der Waals surface area contributed by atoms with Gasteiger partial charge in [-0.2, -0.15) is 0 Å². The van der Waals surface area contributed by atoms with Crippen molar-refractivity contribution in [2.24, 2.45) is 5.92 Å². The summed E-state index contributed by atoms with van der Waals surface area (Å²) >= 11 is 12.4. The van der Waals surface area contributed by atoms with Crippen LogP contribution in [0.2, 0.25) is 10.0 Å². The summed E-state index contributed by atoms with van der Waals surface area (Å²) in [6, 6.07) is 8.72. The number of carboxylic acid groups (broad SMARTS) is 1. The lowest BCUT2D eigenvalue weighted by Gasteiger charge is -2.37. The molecule has 2 aliphatic rings. The zero-order chi connectivity index (χ0) is 22.1. The minimum absolute atomic E-state index is 0.0600. The molecule has 1 heterocycles. The summed E-state index contributed by atoms with van der Waals surface area (Å²) in [5.41, 5.74) is 1.23. The molecular weight excluding hydrogens is 440 g/mol. The van der Waals surface area contributed by atoms with E-state index in [0.29, 0.717) is 33.9 Å². The van der Waals surface area contributed by atoms with Gasteiger partial charge in [0.25, 0.3) is 0 Å². The number of nitrogens with zero attached hydrogens (tertiary/aromatic N) is 1. The first kappa shape index (κ1) is 22.4. The van der Waals surface area contributed by atoms with Gasteiger partial charge in [-0.25, -0.2) is 9.18 Å². The first-order valence-electron chi connectivity index (χ1n) is 10.7. The van der Waals surface area contributed by atoms with Crippen LogP contribution in [0.3, 0.4) is 0 Å². The second-order valence-corrected chi connectivity index (χ2v) is 9.48. The van der Waals surface area contributed by atoms with Gasteiger partial charge in [0.15, 0.2) is 0 Å². The van der Waals surface area contributed by atoms with Crippen LogP contribution in [0, 0.1) is 11.7 Å². The molecule has 2 atom stereocenters. The highest BCUT2D eigenvalue weighted by molar-refractivity contribution is 6.34. The Morgan fingerprint density at radius 1 is 1.23 bits per heavy atom. The van der Waals surface area contributed by atoms with Crippen molar-refractivity contribution < 1.29 is 19.0 Å². The minimum atomic E-state index is -1.25. The number of carboxylic acids is 1. The minimum Gasteiger partial charge on any atom is -0.493 e. The van der Waals surface area contributed by atoms with Gasteiger partial charge in [0.1, 0.15) is 11.6 Å². The van der Waals surface area contributed by atoms with E-state index in [1.165, 1.54) is 6.07 Å². The Kier molecular flexibility index (Phi) is 6.75. The van der Waals surface area contributed by atoms with Gasteiger partial charge in [-0.1, -0.05) is 23.2 Å². The topological polar surface area (TPSA) is 49.8 Å². The van der Waals surface area contributed by atoms with E-state index in [0.717, 1.165) is 44.3 Å². The van der Waals surface area contributed by atoms with Gasteiger partial charge in [-0.3, -0.25) is 4.90 Å². The zero-order valence-corrected chi connectivity index (χ0v) is 18.9. The molecule has 166 valence electrons. The second-order valence-electron chi connectivity index (χ2n) is 8.61.